The van der Waals surface area contributed by atoms with Crippen molar-refractivity contribution >= 4 is 21.5 Å². The van der Waals surface area contributed by atoms with Crippen molar-refractivity contribution in [3.63, 3.8) is 0 Å². The number of nitrogens with zero attached hydrogens (tertiary/aromatic N) is 1. The van der Waals surface area contributed by atoms with E-state index in [9.17, 15) is 0 Å². The SMILES string of the molecule is [C-]#[N+]C(C)(C)C[CH]c1ccc(-c2c3ccccc3c(-c3ccccc3)c3ccccc23)cc1. The van der Waals surface area contributed by atoms with Crippen molar-refractivity contribution in [2.75, 3.05) is 0 Å². The van der Waals surface area contributed by atoms with Crippen LogP contribution < -0.4 is 0 Å². The molecule has 0 aliphatic rings. The summed E-state index contributed by atoms with van der Waals surface area (Å²) in [5.41, 5.74) is 5.81. The highest BCUT2D eigenvalue weighted by atomic mass is 14.8. The lowest BCUT2D eigenvalue weighted by Crippen LogP contribution is -2.13. The summed E-state index contributed by atoms with van der Waals surface area (Å²) in [7, 11) is 0. The minimum atomic E-state index is -0.363. The van der Waals surface area contributed by atoms with Gasteiger partial charge in [0.05, 0.1) is 0 Å². The number of fused-ring (bicyclic) bond motifs is 2. The van der Waals surface area contributed by atoms with Crippen molar-refractivity contribution < 1.29 is 0 Å². The second kappa shape index (κ2) is 8.57. The van der Waals surface area contributed by atoms with Crippen molar-refractivity contribution in [1.29, 1.82) is 0 Å². The van der Waals surface area contributed by atoms with Crippen LogP contribution in [-0.4, -0.2) is 5.54 Å². The predicted molar refractivity (Wildman–Crippen MR) is 141 cm³/mol. The second-order valence-electron chi connectivity index (χ2n) is 9.16. The first-order valence-corrected chi connectivity index (χ1v) is 11.4. The third-order valence-corrected chi connectivity index (χ3v) is 6.33. The van der Waals surface area contributed by atoms with E-state index in [0.29, 0.717) is 0 Å². The lowest BCUT2D eigenvalue weighted by Gasteiger charge is -2.18. The molecular formula is C32H26N. The van der Waals surface area contributed by atoms with Crippen LogP contribution >= 0.6 is 0 Å². The van der Waals surface area contributed by atoms with Crippen molar-refractivity contribution in [2.45, 2.75) is 25.8 Å². The van der Waals surface area contributed by atoms with E-state index in [1.165, 1.54) is 43.8 Å². The molecule has 0 saturated heterocycles. The molecule has 0 heterocycles. The molecule has 0 aliphatic carbocycles. The van der Waals surface area contributed by atoms with Crippen LogP contribution in [0.25, 0.3) is 48.6 Å². The summed E-state index contributed by atoms with van der Waals surface area (Å²) < 4.78 is 0. The lowest BCUT2D eigenvalue weighted by atomic mass is 9.85. The summed E-state index contributed by atoms with van der Waals surface area (Å²) in [4.78, 5) is 3.72. The van der Waals surface area contributed by atoms with Gasteiger partial charge in [-0.05, 0) is 55.8 Å². The molecule has 0 fully saturated rings. The Hall–Kier alpha value is -3.89. The first-order chi connectivity index (χ1) is 16.1. The highest BCUT2D eigenvalue weighted by molar-refractivity contribution is 6.21. The zero-order valence-corrected chi connectivity index (χ0v) is 19.0. The van der Waals surface area contributed by atoms with Gasteiger partial charge in [0.2, 0.25) is 5.54 Å². The summed E-state index contributed by atoms with van der Waals surface area (Å²) >= 11 is 0. The molecule has 1 radical (unpaired) electrons. The van der Waals surface area contributed by atoms with Crippen LogP contribution in [0.5, 0.6) is 0 Å². The van der Waals surface area contributed by atoms with Crippen molar-refractivity contribution in [3.05, 3.63) is 127 Å². The fourth-order valence-electron chi connectivity index (χ4n) is 4.55. The Kier molecular flexibility index (Phi) is 5.45. The minimum absolute atomic E-state index is 0.363. The molecule has 5 aromatic carbocycles. The maximum absolute atomic E-state index is 7.36. The van der Waals surface area contributed by atoms with E-state index < -0.39 is 0 Å². The maximum Gasteiger partial charge on any atom is 0.227 e. The average Bonchev–Trinajstić information content (AvgIpc) is 2.87. The van der Waals surface area contributed by atoms with Gasteiger partial charge in [0.1, 0.15) is 0 Å². The van der Waals surface area contributed by atoms with Gasteiger partial charge in [-0.25, -0.2) is 6.57 Å². The zero-order chi connectivity index (χ0) is 22.8. The van der Waals surface area contributed by atoms with E-state index in [-0.39, 0.29) is 5.54 Å². The Morgan fingerprint density at radius 2 is 1.03 bits per heavy atom. The minimum Gasteiger partial charge on any atom is -0.311 e. The van der Waals surface area contributed by atoms with Gasteiger partial charge < -0.3 is 4.85 Å². The average molecular weight is 425 g/mol. The zero-order valence-electron chi connectivity index (χ0n) is 19.0. The maximum atomic E-state index is 7.36. The third kappa shape index (κ3) is 4.01. The molecule has 5 aromatic rings. The van der Waals surface area contributed by atoms with E-state index >= 15 is 0 Å². The number of benzene rings is 5. The fourth-order valence-corrected chi connectivity index (χ4v) is 4.55. The molecule has 0 bridgehead atoms. The van der Waals surface area contributed by atoms with Gasteiger partial charge in [0.25, 0.3) is 0 Å². The highest BCUT2D eigenvalue weighted by Gasteiger charge is 2.22. The molecule has 0 aliphatic heterocycles. The van der Waals surface area contributed by atoms with Crippen molar-refractivity contribution in [1.82, 2.24) is 0 Å². The summed E-state index contributed by atoms with van der Waals surface area (Å²) in [5, 5.41) is 5.07. The van der Waals surface area contributed by atoms with Crippen LogP contribution in [0.15, 0.2) is 103 Å². The lowest BCUT2D eigenvalue weighted by molar-refractivity contribution is 0.607. The van der Waals surface area contributed by atoms with Gasteiger partial charge in [-0.15, -0.1) is 0 Å². The van der Waals surface area contributed by atoms with Crippen LogP contribution in [0.4, 0.5) is 0 Å². The monoisotopic (exact) mass is 424 g/mol. The topological polar surface area (TPSA) is 4.36 Å². The number of rotatable bonds is 5. The van der Waals surface area contributed by atoms with E-state index in [0.717, 1.165) is 12.0 Å². The van der Waals surface area contributed by atoms with Crippen LogP contribution in [0.1, 0.15) is 25.8 Å². The van der Waals surface area contributed by atoms with Gasteiger partial charge >= 0.3 is 0 Å². The summed E-state index contributed by atoms with van der Waals surface area (Å²) in [6.07, 6.45) is 2.91. The molecule has 0 atom stereocenters. The van der Waals surface area contributed by atoms with Crippen LogP contribution in [0, 0.1) is 13.0 Å². The largest absolute Gasteiger partial charge is 0.311 e. The Morgan fingerprint density at radius 1 is 0.606 bits per heavy atom. The van der Waals surface area contributed by atoms with Crippen molar-refractivity contribution in [2.24, 2.45) is 0 Å². The Balaban J connectivity index is 1.69. The molecule has 159 valence electrons. The first kappa shape index (κ1) is 21.0. The summed E-state index contributed by atoms with van der Waals surface area (Å²) in [6, 6.07) is 36.9. The first-order valence-electron chi connectivity index (χ1n) is 11.4. The summed E-state index contributed by atoms with van der Waals surface area (Å²) in [6.45, 7) is 11.3. The molecule has 0 unspecified atom stereocenters. The Bertz CT molecular complexity index is 1410. The van der Waals surface area contributed by atoms with Gasteiger partial charge in [0.15, 0.2) is 0 Å². The fraction of sp³-hybridized carbons (Fsp3) is 0.125. The van der Waals surface area contributed by atoms with Gasteiger partial charge in [0, 0.05) is 20.3 Å². The highest BCUT2D eigenvalue weighted by Crippen LogP contribution is 2.43. The van der Waals surface area contributed by atoms with E-state index in [1.807, 2.05) is 13.8 Å². The molecule has 0 aromatic heterocycles. The standard InChI is InChI=1S/C32H26N/c1-32(2,33-3)22-21-23-17-19-25(20-18-23)31-28-15-9-7-13-26(28)30(24-11-5-4-6-12-24)27-14-8-10-16-29(27)31/h4-21H,22H2,1-2H3. The smallest absolute Gasteiger partial charge is 0.227 e. The molecule has 0 saturated carbocycles. The second-order valence-corrected chi connectivity index (χ2v) is 9.16. The number of hydrogen-bond acceptors (Lipinski definition) is 0. The Labute approximate surface area is 196 Å². The summed E-state index contributed by atoms with van der Waals surface area (Å²) in [5.74, 6) is 0. The van der Waals surface area contributed by atoms with Gasteiger partial charge in [-0.2, -0.15) is 0 Å². The van der Waals surface area contributed by atoms with Crippen molar-refractivity contribution in [3.8, 4) is 22.3 Å². The Morgan fingerprint density at radius 3 is 1.48 bits per heavy atom. The van der Waals surface area contributed by atoms with E-state index in [4.69, 9.17) is 6.57 Å². The number of hydrogen-bond donors (Lipinski definition) is 0. The predicted octanol–water partition coefficient (Wildman–Crippen LogP) is 8.97. The molecule has 5 rings (SSSR count). The molecular weight excluding hydrogens is 398 g/mol. The quantitative estimate of drug-likeness (QED) is 0.196. The normalized spacial score (nSPS) is 11.5. The van der Waals surface area contributed by atoms with Crippen LogP contribution in [0.2, 0.25) is 0 Å². The molecule has 0 N–H and O–H groups in total. The molecule has 1 nitrogen and oxygen atoms in total. The molecule has 33 heavy (non-hydrogen) atoms. The van der Waals surface area contributed by atoms with E-state index in [2.05, 4.69) is 114 Å². The molecule has 1 heteroatoms. The van der Waals surface area contributed by atoms with Crippen LogP contribution in [-0.2, 0) is 0 Å². The van der Waals surface area contributed by atoms with Gasteiger partial charge in [-0.1, -0.05) is 103 Å². The molecule has 0 spiro atoms. The molecule has 0 amide bonds. The van der Waals surface area contributed by atoms with Gasteiger partial charge in [-0.3, -0.25) is 0 Å². The third-order valence-electron chi connectivity index (χ3n) is 6.33. The van der Waals surface area contributed by atoms with E-state index in [1.54, 1.807) is 0 Å². The van der Waals surface area contributed by atoms with Crippen LogP contribution in [0.3, 0.4) is 0 Å².